The molecule has 0 heterocycles. The predicted molar refractivity (Wildman–Crippen MR) is 65.0 cm³/mol. The predicted octanol–water partition coefficient (Wildman–Crippen LogP) is 2.07. The van der Waals surface area contributed by atoms with E-state index in [1.165, 1.54) is 11.0 Å². The number of amides is 1. The van der Waals surface area contributed by atoms with Crippen LogP contribution in [0, 0.1) is 12.7 Å². The van der Waals surface area contributed by atoms with Crippen LogP contribution in [0.3, 0.4) is 0 Å². The lowest BCUT2D eigenvalue weighted by Crippen LogP contribution is -2.36. The number of nitrogens with zero attached hydrogens (tertiary/aromatic N) is 1. The molecule has 0 fully saturated rings. The zero-order valence-electron chi connectivity index (χ0n) is 10.4. The van der Waals surface area contributed by atoms with E-state index >= 15 is 0 Å². The summed E-state index contributed by atoms with van der Waals surface area (Å²) in [5, 5.41) is 8.75. The summed E-state index contributed by atoms with van der Waals surface area (Å²) in [7, 11) is 0. The minimum atomic E-state index is -1.08. The first kappa shape index (κ1) is 14.2. The van der Waals surface area contributed by atoms with Crippen LogP contribution in [0.5, 0.6) is 0 Å². The van der Waals surface area contributed by atoms with Crippen LogP contribution in [0.2, 0.25) is 0 Å². The van der Waals surface area contributed by atoms with Gasteiger partial charge in [0, 0.05) is 12.1 Å². The molecule has 0 radical (unpaired) electrons. The molecule has 1 amide bonds. The van der Waals surface area contributed by atoms with Gasteiger partial charge in [-0.25, -0.2) is 4.39 Å². The van der Waals surface area contributed by atoms with Gasteiger partial charge in [-0.05, 0) is 37.1 Å². The number of carbonyl (C=O) groups excluding carboxylic acids is 1. The molecular weight excluding hydrogens is 237 g/mol. The topological polar surface area (TPSA) is 57.6 Å². The molecule has 4 nitrogen and oxygen atoms in total. The van der Waals surface area contributed by atoms with Crippen LogP contribution in [0.1, 0.15) is 29.3 Å². The van der Waals surface area contributed by atoms with E-state index in [0.29, 0.717) is 18.5 Å². The zero-order chi connectivity index (χ0) is 13.7. The number of hydrogen-bond donors (Lipinski definition) is 1. The van der Waals surface area contributed by atoms with Gasteiger partial charge in [0.15, 0.2) is 0 Å². The SMILES string of the molecule is CCCN(CC(=O)O)C(=O)c1cc(C)cc(F)c1. The fourth-order valence-electron chi connectivity index (χ4n) is 1.73. The molecule has 1 rings (SSSR count). The lowest BCUT2D eigenvalue weighted by Gasteiger charge is -2.20. The number of carboxylic acids is 1. The van der Waals surface area contributed by atoms with Gasteiger partial charge >= 0.3 is 5.97 Å². The van der Waals surface area contributed by atoms with Crippen LogP contribution in [0.15, 0.2) is 18.2 Å². The van der Waals surface area contributed by atoms with Gasteiger partial charge in [-0.1, -0.05) is 6.92 Å². The zero-order valence-corrected chi connectivity index (χ0v) is 10.4. The average molecular weight is 253 g/mol. The normalized spacial score (nSPS) is 10.2. The van der Waals surface area contributed by atoms with Crippen molar-refractivity contribution in [2.24, 2.45) is 0 Å². The van der Waals surface area contributed by atoms with E-state index in [-0.39, 0.29) is 12.1 Å². The molecule has 0 aliphatic heterocycles. The Kier molecular flexibility index (Phi) is 4.83. The second-order valence-electron chi connectivity index (χ2n) is 4.14. The highest BCUT2D eigenvalue weighted by Crippen LogP contribution is 2.11. The standard InChI is InChI=1S/C13H16FNO3/c1-3-4-15(8-12(16)17)13(18)10-5-9(2)6-11(14)7-10/h5-7H,3-4,8H2,1-2H3,(H,16,17). The molecule has 0 unspecified atom stereocenters. The Labute approximate surface area is 105 Å². The van der Waals surface area contributed by atoms with E-state index in [2.05, 4.69) is 0 Å². The van der Waals surface area contributed by atoms with Crippen molar-refractivity contribution in [2.75, 3.05) is 13.1 Å². The highest BCUT2D eigenvalue weighted by molar-refractivity contribution is 5.96. The summed E-state index contributed by atoms with van der Waals surface area (Å²) < 4.78 is 13.2. The monoisotopic (exact) mass is 253 g/mol. The molecule has 1 N–H and O–H groups in total. The highest BCUT2D eigenvalue weighted by atomic mass is 19.1. The first-order valence-corrected chi connectivity index (χ1v) is 5.72. The van der Waals surface area contributed by atoms with Gasteiger partial charge in [-0.2, -0.15) is 0 Å². The van der Waals surface area contributed by atoms with Crippen molar-refractivity contribution in [3.8, 4) is 0 Å². The Morgan fingerprint density at radius 1 is 1.33 bits per heavy atom. The van der Waals surface area contributed by atoms with E-state index in [1.54, 1.807) is 13.0 Å². The molecule has 18 heavy (non-hydrogen) atoms. The van der Waals surface area contributed by atoms with Crippen molar-refractivity contribution in [1.82, 2.24) is 4.90 Å². The molecule has 0 spiro atoms. The number of rotatable bonds is 5. The van der Waals surface area contributed by atoms with Crippen LogP contribution < -0.4 is 0 Å². The summed E-state index contributed by atoms with van der Waals surface area (Å²) in [4.78, 5) is 24.0. The van der Waals surface area contributed by atoms with E-state index in [9.17, 15) is 14.0 Å². The van der Waals surface area contributed by atoms with E-state index in [4.69, 9.17) is 5.11 Å². The molecule has 0 aliphatic carbocycles. The number of benzene rings is 1. The third-order valence-electron chi connectivity index (χ3n) is 2.40. The Morgan fingerprint density at radius 2 is 2.00 bits per heavy atom. The van der Waals surface area contributed by atoms with Crippen molar-refractivity contribution < 1.29 is 19.1 Å². The average Bonchev–Trinajstić information content (AvgIpc) is 2.25. The lowest BCUT2D eigenvalue weighted by atomic mass is 10.1. The lowest BCUT2D eigenvalue weighted by molar-refractivity contribution is -0.137. The number of carbonyl (C=O) groups is 2. The number of carboxylic acid groups (broad SMARTS) is 1. The van der Waals surface area contributed by atoms with Gasteiger partial charge in [0.2, 0.25) is 0 Å². The van der Waals surface area contributed by atoms with Gasteiger partial charge in [0.05, 0.1) is 0 Å². The summed E-state index contributed by atoms with van der Waals surface area (Å²) in [6.07, 6.45) is 0.646. The molecule has 1 aromatic rings. The van der Waals surface area contributed by atoms with Crippen molar-refractivity contribution in [3.63, 3.8) is 0 Å². The van der Waals surface area contributed by atoms with Gasteiger partial charge in [0.1, 0.15) is 12.4 Å². The summed E-state index contributed by atoms with van der Waals surface area (Å²) >= 11 is 0. The minimum Gasteiger partial charge on any atom is -0.480 e. The molecule has 0 atom stereocenters. The van der Waals surface area contributed by atoms with Gasteiger partial charge in [-0.15, -0.1) is 0 Å². The number of aryl methyl sites for hydroxylation is 1. The molecule has 0 aromatic heterocycles. The summed E-state index contributed by atoms with van der Waals surface area (Å²) in [5.74, 6) is -2.03. The first-order valence-electron chi connectivity index (χ1n) is 5.72. The maximum Gasteiger partial charge on any atom is 0.323 e. The molecular formula is C13H16FNO3. The van der Waals surface area contributed by atoms with Crippen LogP contribution in [0.25, 0.3) is 0 Å². The van der Waals surface area contributed by atoms with Gasteiger partial charge in [0.25, 0.3) is 5.91 Å². The fraction of sp³-hybridized carbons (Fsp3) is 0.385. The van der Waals surface area contributed by atoms with Crippen LogP contribution in [-0.4, -0.2) is 35.0 Å². The van der Waals surface area contributed by atoms with Gasteiger partial charge < -0.3 is 10.0 Å². The van der Waals surface area contributed by atoms with Crippen molar-refractivity contribution in [2.45, 2.75) is 20.3 Å². The second kappa shape index (κ2) is 6.14. The van der Waals surface area contributed by atoms with Crippen LogP contribution in [-0.2, 0) is 4.79 Å². The quantitative estimate of drug-likeness (QED) is 0.874. The first-order chi connectivity index (χ1) is 8.43. The number of aliphatic carboxylic acids is 1. The number of halogens is 1. The van der Waals surface area contributed by atoms with Crippen molar-refractivity contribution in [3.05, 3.63) is 35.1 Å². The highest BCUT2D eigenvalue weighted by Gasteiger charge is 2.18. The summed E-state index contributed by atoms with van der Waals surface area (Å²) in [6.45, 7) is 3.49. The second-order valence-corrected chi connectivity index (χ2v) is 4.14. The maximum atomic E-state index is 13.2. The molecule has 5 heteroatoms. The Bertz CT molecular complexity index is 439. The third kappa shape index (κ3) is 3.84. The minimum absolute atomic E-state index is 0.183. The smallest absolute Gasteiger partial charge is 0.323 e. The van der Waals surface area contributed by atoms with Crippen molar-refractivity contribution >= 4 is 11.9 Å². The largest absolute Gasteiger partial charge is 0.480 e. The van der Waals surface area contributed by atoms with E-state index < -0.39 is 17.7 Å². The van der Waals surface area contributed by atoms with Crippen LogP contribution >= 0.6 is 0 Å². The Hall–Kier alpha value is -1.91. The van der Waals surface area contributed by atoms with Crippen LogP contribution in [0.4, 0.5) is 4.39 Å². The summed E-state index contributed by atoms with van der Waals surface area (Å²) in [5.41, 5.74) is 0.812. The summed E-state index contributed by atoms with van der Waals surface area (Å²) in [6, 6.07) is 3.99. The van der Waals surface area contributed by atoms with E-state index in [0.717, 1.165) is 6.07 Å². The third-order valence-corrected chi connectivity index (χ3v) is 2.40. The number of hydrogen-bond acceptors (Lipinski definition) is 2. The fourth-order valence-corrected chi connectivity index (χ4v) is 1.73. The molecule has 1 aromatic carbocycles. The molecule has 0 aliphatic rings. The molecule has 0 saturated carbocycles. The van der Waals surface area contributed by atoms with E-state index in [1.807, 2.05) is 6.92 Å². The maximum absolute atomic E-state index is 13.2. The molecule has 0 bridgehead atoms. The molecule has 98 valence electrons. The molecule has 0 saturated heterocycles. The Balaban J connectivity index is 2.97. The van der Waals surface area contributed by atoms with Gasteiger partial charge in [-0.3, -0.25) is 9.59 Å². The Morgan fingerprint density at radius 3 is 2.50 bits per heavy atom. The van der Waals surface area contributed by atoms with Crippen molar-refractivity contribution in [1.29, 1.82) is 0 Å².